The van der Waals surface area contributed by atoms with Crippen LogP contribution >= 0.6 is 0 Å². The lowest BCUT2D eigenvalue weighted by Crippen LogP contribution is -2.39. The highest BCUT2D eigenvalue weighted by Crippen LogP contribution is 2.21. The van der Waals surface area contributed by atoms with Crippen LogP contribution in [-0.4, -0.2) is 34.5 Å². The van der Waals surface area contributed by atoms with Gasteiger partial charge in [-0.25, -0.2) is 4.79 Å². The maximum Gasteiger partial charge on any atom is 0.407 e. The third-order valence-corrected chi connectivity index (χ3v) is 3.14. The van der Waals surface area contributed by atoms with Crippen LogP contribution in [0.1, 0.15) is 28.8 Å². The lowest BCUT2D eigenvalue weighted by Gasteiger charge is -2.20. The average molecular weight is 233 g/mol. The Balaban J connectivity index is 2.19. The second-order valence-electron chi connectivity index (χ2n) is 4.36. The molecular weight excluding hydrogens is 218 g/mol. The number of rotatable bonds is 2. The van der Waals surface area contributed by atoms with E-state index in [0.29, 0.717) is 18.5 Å². The van der Waals surface area contributed by atoms with Crippen molar-refractivity contribution >= 4 is 11.9 Å². The normalized spacial score (nSPS) is 19.4. The monoisotopic (exact) mass is 233 g/mol. The molecule has 0 radical (unpaired) electrons. The van der Waals surface area contributed by atoms with Gasteiger partial charge >= 0.3 is 6.09 Å². The van der Waals surface area contributed by atoms with Crippen molar-refractivity contribution in [2.45, 2.75) is 25.8 Å². The minimum Gasteiger partial charge on any atom is -0.465 e. The van der Waals surface area contributed by atoms with Crippen LogP contribution in [0.2, 0.25) is 0 Å². The fourth-order valence-corrected chi connectivity index (χ4v) is 2.18. The summed E-state index contributed by atoms with van der Waals surface area (Å²) >= 11 is 0. The highest BCUT2D eigenvalue weighted by atomic mass is 16.4. The molecule has 4 heteroatoms. The Hall–Kier alpha value is -1.84. The lowest BCUT2D eigenvalue weighted by molar-refractivity contribution is 0.0845. The second kappa shape index (κ2) is 4.57. The predicted octanol–water partition coefficient (Wildman–Crippen LogP) is 2.32. The maximum absolute atomic E-state index is 12.2. The molecule has 17 heavy (non-hydrogen) atoms. The molecule has 1 aromatic carbocycles. The number of carboxylic acid groups (broad SMARTS) is 1. The van der Waals surface area contributed by atoms with Gasteiger partial charge in [0.2, 0.25) is 0 Å². The van der Waals surface area contributed by atoms with Crippen molar-refractivity contribution in [2.24, 2.45) is 0 Å². The molecule has 1 saturated heterocycles. The lowest BCUT2D eigenvalue weighted by atomic mass is 10.0. The zero-order valence-electron chi connectivity index (χ0n) is 9.72. The summed E-state index contributed by atoms with van der Waals surface area (Å²) in [5.41, 5.74) is 1.68. The van der Waals surface area contributed by atoms with E-state index in [0.717, 1.165) is 12.0 Å². The zero-order chi connectivity index (χ0) is 12.4. The molecule has 2 rings (SSSR count). The molecule has 1 N–H and O–H groups in total. The van der Waals surface area contributed by atoms with Crippen LogP contribution in [0.4, 0.5) is 4.79 Å². The van der Waals surface area contributed by atoms with E-state index in [-0.39, 0.29) is 5.78 Å². The number of amides is 1. The molecule has 0 unspecified atom stereocenters. The van der Waals surface area contributed by atoms with Gasteiger partial charge in [0, 0.05) is 12.1 Å². The summed E-state index contributed by atoms with van der Waals surface area (Å²) < 4.78 is 0. The molecule has 0 bridgehead atoms. The molecule has 1 atom stereocenters. The largest absolute Gasteiger partial charge is 0.465 e. The molecule has 0 aromatic heterocycles. The van der Waals surface area contributed by atoms with Crippen LogP contribution in [0.15, 0.2) is 24.3 Å². The molecule has 90 valence electrons. The summed E-state index contributed by atoms with van der Waals surface area (Å²) in [6, 6.07) is 6.75. The number of benzene rings is 1. The number of hydrogen-bond donors (Lipinski definition) is 1. The van der Waals surface area contributed by atoms with Gasteiger partial charge in [-0.2, -0.15) is 0 Å². The number of ketones is 1. The fraction of sp³-hybridized carbons (Fsp3) is 0.385. The van der Waals surface area contributed by atoms with Crippen molar-refractivity contribution in [2.75, 3.05) is 6.54 Å². The first-order chi connectivity index (χ1) is 8.09. The molecule has 0 saturated carbocycles. The topological polar surface area (TPSA) is 57.6 Å². The third kappa shape index (κ3) is 2.30. The van der Waals surface area contributed by atoms with Gasteiger partial charge in [0.05, 0.1) is 6.04 Å². The molecule has 0 aliphatic carbocycles. The summed E-state index contributed by atoms with van der Waals surface area (Å²) in [4.78, 5) is 24.4. The Bertz CT molecular complexity index is 438. The summed E-state index contributed by atoms with van der Waals surface area (Å²) in [5, 5.41) is 9.00. The van der Waals surface area contributed by atoms with Gasteiger partial charge in [0.15, 0.2) is 5.78 Å². The SMILES string of the molecule is Cc1ccc(C(=O)[C@@H]2CCCN2C(=O)O)cc1. The van der Waals surface area contributed by atoms with Gasteiger partial charge in [-0.15, -0.1) is 0 Å². The number of carbonyl (C=O) groups excluding carboxylic acids is 1. The summed E-state index contributed by atoms with van der Waals surface area (Å²) in [6.45, 7) is 2.41. The molecule has 1 heterocycles. The number of hydrogen-bond acceptors (Lipinski definition) is 2. The first-order valence-electron chi connectivity index (χ1n) is 5.70. The van der Waals surface area contributed by atoms with Gasteiger partial charge in [-0.05, 0) is 19.8 Å². The molecule has 4 nitrogen and oxygen atoms in total. The molecule has 1 aliphatic rings. The number of aryl methyl sites for hydroxylation is 1. The van der Waals surface area contributed by atoms with Gasteiger partial charge in [0.1, 0.15) is 0 Å². The minimum absolute atomic E-state index is 0.0927. The van der Waals surface area contributed by atoms with Crippen molar-refractivity contribution < 1.29 is 14.7 Å². The Labute approximate surface area is 99.9 Å². The zero-order valence-corrected chi connectivity index (χ0v) is 9.72. The summed E-state index contributed by atoms with van der Waals surface area (Å²) in [6.07, 6.45) is 0.376. The number of likely N-dealkylation sites (tertiary alicyclic amines) is 1. The van der Waals surface area contributed by atoms with Gasteiger partial charge in [-0.3, -0.25) is 9.69 Å². The Morgan fingerprint density at radius 1 is 1.29 bits per heavy atom. The van der Waals surface area contributed by atoms with E-state index >= 15 is 0 Å². The smallest absolute Gasteiger partial charge is 0.407 e. The van der Waals surface area contributed by atoms with Crippen molar-refractivity contribution in [1.29, 1.82) is 0 Å². The summed E-state index contributed by atoms with van der Waals surface area (Å²) in [7, 11) is 0. The first-order valence-corrected chi connectivity index (χ1v) is 5.70. The Kier molecular flexibility index (Phi) is 3.13. The van der Waals surface area contributed by atoms with Crippen LogP contribution in [0.25, 0.3) is 0 Å². The van der Waals surface area contributed by atoms with Gasteiger partial charge < -0.3 is 5.11 Å². The third-order valence-electron chi connectivity index (χ3n) is 3.14. The van der Waals surface area contributed by atoms with Crippen LogP contribution in [0, 0.1) is 6.92 Å². The molecule has 1 amide bonds. The molecule has 1 fully saturated rings. The van der Waals surface area contributed by atoms with E-state index in [9.17, 15) is 9.59 Å². The molecule has 0 spiro atoms. The van der Waals surface area contributed by atoms with Crippen LogP contribution < -0.4 is 0 Å². The van der Waals surface area contributed by atoms with Crippen molar-refractivity contribution in [1.82, 2.24) is 4.90 Å². The maximum atomic E-state index is 12.2. The Morgan fingerprint density at radius 2 is 1.94 bits per heavy atom. The van der Waals surface area contributed by atoms with Gasteiger partial charge in [0.25, 0.3) is 0 Å². The second-order valence-corrected chi connectivity index (χ2v) is 4.36. The number of Topliss-reactive ketones (excluding diaryl/α,β-unsaturated/α-hetero) is 1. The van der Waals surface area contributed by atoms with Crippen molar-refractivity contribution in [3.63, 3.8) is 0 Å². The van der Waals surface area contributed by atoms with E-state index in [2.05, 4.69) is 0 Å². The van der Waals surface area contributed by atoms with E-state index in [4.69, 9.17) is 5.11 Å². The predicted molar refractivity (Wildman–Crippen MR) is 63.3 cm³/mol. The number of carbonyl (C=O) groups is 2. The molecular formula is C13H15NO3. The highest BCUT2D eigenvalue weighted by Gasteiger charge is 2.34. The highest BCUT2D eigenvalue weighted by molar-refractivity contribution is 6.01. The van der Waals surface area contributed by atoms with Crippen LogP contribution in [-0.2, 0) is 0 Å². The average Bonchev–Trinajstić information content (AvgIpc) is 2.78. The fourth-order valence-electron chi connectivity index (χ4n) is 2.18. The van der Waals surface area contributed by atoms with Crippen molar-refractivity contribution in [3.05, 3.63) is 35.4 Å². The van der Waals surface area contributed by atoms with Crippen molar-refractivity contribution in [3.8, 4) is 0 Å². The van der Waals surface area contributed by atoms with E-state index in [1.807, 2.05) is 19.1 Å². The minimum atomic E-state index is -1.01. The Morgan fingerprint density at radius 3 is 2.53 bits per heavy atom. The van der Waals surface area contributed by atoms with Crippen LogP contribution in [0.5, 0.6) is 0 Å². The number of nitrogens with zero attached hydrogens (tertiary/aromatic N) is 1. The molecule has 1 aromatic rings. The van der Waals surface area contributed by atoms with Gasteiger partial charge in [-0.1, -0.05) is 29.8 Å². The standard InChI is InChI=1S/C13H15NO3/c1-9-4-6-10(7-5-9)12(15)11-3-2-8-14(11)13(16)17/h4-7,11H,2-3,8H2,1H3,(H,16,17)/t11-/m0/s1. The summed E-state index contributed by atoms with van der Waals surface area (Å²) in [5.74, 6) is -0.0927. The van der Waals surface area contributed by atoms with Crippen LogP contribution in [0.3, 0.4) is 0 Å². The quantitative estimate of drug-likeness (QED) is 0.797. The van der Waals surface area contributed by atoms with E-state index in [1.165, 1.54) is 4.90 Å². The molecule has 1 aliphatic heterocycles. The van der Waals surface area contributed by atoms with E-state index < -0.39 is 12.1 Å². The van der Waals surface area contributed by atoms with E-state index in [1.54, 1.807) is 12.1 Å². The first kappa shape index (κ1) is 11.6.